The highest BCUT2D eigenvalue weighted by Crippen LogP contribution is 2.43. The van der Waals surface area contributed by atoms with Crippen molar-refractivity contribution in [2.24, 2.45) is 5.73 Å². The smallest absolute Gasteiger partial charge is 0.472 e. The maximum absolute atomic E-state index is 12.6. The number of epoxide rings is 1. The number of aliphatic carboxylic acids is 1. The van der Waals surface area contributed by atoms with E-state index in [4.69, 9.17) is 29.6 Å². The normalized spacial score (nSPS) is 18.1. The molecule has 1 rings (SSSR count). The molecule has 13 heteroatoms. The first kappa shape index (κ1) is 53.4. The lowest BCUT2D eigenvalue weighted by Gasteiger charge is -2.20. The Balaban J connectivity index is 2.40. The molecule has 1 fully saturated rings. The first-order valence-electron chi connectivity index (χ1n) is 21.4. The Hall–Kier alpha value is -3.64. The number of carboxylic acids is 1. The van der Waals surface area contributed by atoms with E-state index >= 15 is 0 Å². The zero-order valence-corrected chi connectivity index (χ0v) is 36.4. The van der Waals surface area contributed by atoms with Gasteiger partial charge in [-0.2, -0.15) is 0 Å². The highest BCUT2D eigenvalue weighted by Gasteiger charge is 2.36. The number of unbranched alkanes of at least 4 members (excludes halogenated alkanes) is 4. The molecule has 0 spiro atoms. The van der Waals surface area contributed by atoms with Crippen molar-refractivity contribution in [3.8, 4) is 0 Å². The van der Waals surface area contributed by atoms with Gasteiger partial charge in [0.1, 0.15) is 12.6 Å². The topological polar surface area (TPSA) is 184 Å². The van der Waals surface area contributed by atoms with E-state index in [2.05, 4.69) is 103 Å². The fourth-order valence-electron chi connectivity index (χ4n) is 5.30. The van der Waals surface area contributed by atoms with Crippen LogP contribution in [0.5, 0.6) is 0 Å². The van der Waals surface area contributed by atoms with Crippen molar-refractivity contribution in [2.75, 3.05) is 19.8 Å². The number of ether oxygens (including phenoxy) is 3. The number of esters is 2. The molecule has 3 unspecified atom stereocenters. The monoisotopic (exact) mass is 845 g/mol. The molecule has 0 radical (unpaired) electrons. The summed E-state index contributed by atoms with van der Waals surface area (Å²) < 4.78 is 38.4. The largest absolute Gasteiger partial charge is 0.480 e. The average molecular weight is 846 g/mol. The van der Waals surface area contributed by atoms with Gasteiger partial charge >= 0.3 is 25.7 Å². The molecule has 12 nitrogen and oxygen atoms in total. The van der Waals surface area contributed by atoms with Gasteiger partial charge < -0.3 is 29.9 Å². The number of hydrogen-bond donors (Lipinski definition) is 3. The predicted molar refractivity (Wildman–Crippen MR) is 234 cm³/mol. The number of hydrogen-bond acceptors (Lipinski definition) is 10. The van der Waals surface area contributed by atoms with Crippen LogP contribution in [0.4, 0.5) is 0 Å². The van der Waals surface area contributed by atoms with Crippen molar-refractivity contribution >= 4 is 25.7 Å². The van der Waals surface area contributed by atoms with Crippen LogP contribution < -0.4 is 5.73 Å². The average Bonchev–Trinajstić information content (AvgIpc) is 3.97. The predicted octanol–water partition coefficient (Wildman–Crippen LogP) is 10.3. The van der Waals surface area contributed by atoms with Gasteiger partial charge in [0.05, 0.1) is 25.4 Å². The van der Waals surface area contributed by atoms with Crippen molar-refractivity contribution in [2.45, 2.75) is 154 Å². The standard InChI is InChI=1S/C46H72NO11P/c1-3-5-7-9-11-13-15-17-18-19-20-21-23-25-27-29-31-35-45(49)57-40(38-55-59(52,53)56-39-41(47)46(50)51)37-54-44(48)36-32-34-43-42(58-43)33-30-28-26-24-22-16-14-12-10-8-6-4-2/h5,7,11-14,17-18,20-22,24-25,27-28,30,40-43H,3-4,6,8-10,15-16,19,23,26,29,31-39,47H2,1-2H3,(H,50,51)(H,52,53)/b7-5-,13-11-,14-12-,18-17-,21-20-,24-22-,27-25-,30-28-/t40-,41+,42?,43?/m1/s1. The lowest BCUT2D eigenvalue weighted by atomic mass is 10.1. The lowest BCUT2D eigenvalue weighted by molar-refractivity contribution is -0.161. The van der Waals surface area contributed by atoms with Crippen LogP contribution in [0, 0.1) is 0 Å². The van der Waals surface area contributed by atoms with Gasteiger partial charge in [-0.05, 0) is 89.9 Å². The maximum Gasteiger partial charge on any atom is 0.472 e. The summed E-state index contributed by atoms with van der Waals surface area (Å²) in [5.74, 6) is -2.56. The Kier molecular flexibility index (Phi) is 32.8. The summed E-state index contributed by atoms with van der Waals surface area (Å²) in [7, 11) is -4.76. The summed E-state index contributed by atoms with van der Waals surface area (Å²) >= 11 is 0. The lowest BCUT2D eigenvalue weighted by Crippen LogP contribution is -2.34. The quantitative estimate of drug-likeness (QED) is 0.0177. The first-order chi connectivity index (χ1) is 28.6. The third-order valence-corrected chi connectivity index (χ3v) is 9.69. The van der Waals surface area contributed by atoms with Crippen LogP contribution >= 0.6 is 7.82 Å². The molecule has 5 atom stereocenters. The van der Waals surface area contributed by atoms with Gasteiger partial charge in [-0.1, -0.05) is 124 Å². The number of rotatable bonds is 37. The molecule has 4 N–H and O–H groups in total. The number of allylic oxidation sites excluding steroid dienone is 15. The summed E-state index contributed by atoms with van der Waals surface area (Å²) in [5, 5.41) is 8.89. The Morgan fingerprint density at radius 3 is 1.71 bits per heavy atom. The van der Waals surface area contributed by atoms with E-state index in [1.807, 2.05) is 12.2 Å². The summed E-state index contributed by atoms with van der Waals surface area (Å²) in [4.78, 5) is 46.1. The van der Waals surface area contributed by atoms with Crippen LogP contribution in [0.2, 0.25) is 0 Å². The highest BCUT2D eigenvalue weighted by molar-refractivity contribution is 7.47. The highest BCUT2D eigenvalue weighted by atomic mass is 31.2. The molecule has 0 aromatic heterocycles. The number of carbonyl (C=O) groups is 3. The van der Waals surface area contributed by atoms with E-state index < -0.39 is 57.7 Å². The Labute approximate surface area is 353 Å². The molecule has 1 aliphatic rings. The number of phosphoric ester groups is 1. The number of carboxylic acid groups (broad SMARTS) is 1. The van der Waals surface area contributed by atoms with E-state index in [0.717, 1.165) is 57.8 Å². The zero-order valence-electron chi connectivity index (χ0n) is 35.5. The zero-order chi connectivity index (χ0) is 43.2. The van der Waals surface area contributed by atoms with Crippen LogP contribution in [0.1, 0.15) is 129 Å². The van der Waals surface area contributed by atoms with E-state index in [1.54, 1.807) is 0 Å². The molecular weight excluding hydrogens is 773 g/mol. The molecule has 332 valence electrons. The van der Waals surface area contributed by atoms with Gasteiger partial charge in [-0.3, -0.25) is 23.4 Å². The summed E-state index contributed by atoms with van der Waals surface area (Å²) in [6.45, 7) is 2.50. The molecule has 1 aliphatic heterocycles. The van der Waals surface area contributed by atoms with Crippen LogP contribution in [-0.2, 0) is 42.2 Å². The molecular formula is C46H72NO11P. The third-order valence-electron chi connectivity index (χ3n) is 8.74. The number of phosphoric acid groups is 1. The minimum atomic E-state index is -4.76. The second kappa shape index (κ2) is 36.2. The van der Waals surface area contributed by atoms with Gasteiger partial charge in [-0.15, -0.1) is 0 Å². The summed E-state index contributed by atoms with van der Waals surface area (Å²) in [6, 6.07) is -1.55. The molecule has 0 saturated carbocycles. The van der Waals surface area contributed by atoms with E-state index in [0.29, 0.717) is 25.7 Å². The first-order valence-corrected chi connectivity index (χ1v) is 22.9. The molecule has 0 bridgehead atoms. The van der Waals surface area contributed by atoms with Gasteiger partial charge in [0.2, 0.25) is 0 Å². The molecule has 0 aromatic carbocycles. The summed E-state index contributed by atoms with van der Waals surface area (Å²) in [5.41, 5.74) is 5.33. The second-order valence-electron chi connectivity index (χ2n) is 14.1. The number of nitrogens with two attached hydrogens (primary N) is 1. The molecule has 59 heavy (non-hydrogen) atoms. The fourth-order valence-corrected chi connectivity index (χ4v) is 6.08. The van der Waals surface area contributed by atoms with Crippen LogP contribution in [-0.4, -0.2) is 72.1 Å². The van der Waals surface area contributed by atoms with Crippen LogP contribution in [0.25, 0.3) is 0 Å². The van der Waals surface area contributed by atoms with Crippen molar-refractivity contribution in [1.29, 1.82) is 0 Å². The second-order valence-corrected chi connectivity index (χ2v) is 15.6. The van der Waals surface area contributed by atoms with Gasteiger partial charge in [0.15, 0.2) is 6.10 Å². The van der Waals surface area contributed by atoms with Crippen molar-refractivity contribution in [1.82, 2.24) is 0 Å². The Morgan fingerprint density at radius 2 is 1.15 bits per heavy atom. The Bertz CT molecular complexity index is 1430. The molecule has 0 aliphatic carbocycles. The SMILES string of the molecule is CC/C=C\C/C=C\C/C=C\C/C=C\C/C=C\CCCC(=O)O[C@H](COC(=O)CCCC1OC1C/C=C\C/C=C\C/C=C\CCCCC)COP(=O)(O)OC[C@H](N)C(=O)O. The van der Waals surface area contributed by atoms with E-state index in [9.17, 15) is 23.8 Å². The molecule has 0 amide bonds. The molecule has 0 aromatic rings. The van der Waals surface area contributed by atoms with Crippen molar-refractivity contribution < 1.29 is 52.2 Å². The minimum absolute atomic E-state index is 0.0603. The maximum atomic E-state index is 12.6. The fraction of sp³-hybridized carbons (Fsp3) is 0.587. The summed E-state index contributed by atoms with van der Waals surface area (Å²) in [6.07, 6.45) is 47.9. The van der Waals surface area contributed by atoms with Gasteiger partial charge in [0, 0.05) is 12.8 Å². The molecule has 1 saturated heterocycles. The molecule has 1 heterocycles. The van der Waals surface area contributed by atoms with Crippen molar-refractivity contribution in [3.63, 3.8) is 0 Å². The Morgan fingerprint density at radius 1 is 0.644 bits per heavy atom. The third kappa shape index (κ3) is 33.8. The van der Waals surface area contributed by atoms with E-state index in [1.165, 1.54) is 19.3 Å². The van der Waals surface area contributed by atoms with Crippen molar-refractivity contribution in [3.05, 3.63) is 97.2 Å². The number of carbonyl (C=O) groups excluding carboxylic acids is 2. The van der Waals surface area contributed by atoms with Gasteiger partial charge in [-0.25, -0.2) is 4.57 Å². The van der Waals surface area contributed by atoms with E-state index in [-0.39, 0.29) is 25.0 Å². The van der Waals surface area contributed by atoms with Gasteiger partial charge in [0.25, 0.3) is 0 Å². The minimum Gasteiger partial charge on any atom is -0.480 e. The van der Waals surface area contributed by atoms with Crippen LogP contribution in [0.3, 0.4) is 0 Å². The van der Waals surface area contributed by atoms with Crippen LogP contribution in [0.15, 0.2) is 97.2 Å².